The zero-order valence-corrected chi connectivity index (χ0v) is 28.9. The molecule has 2 aromatic rings. The Balaban J connectivity index is 1.44. The van der Waals surface area contributed by atoms with E-state index in [4.69, 9.17) is 4.74 Å². The van der Waals surface area contributed by atoms with Crippen molar-refractivity contribution in [1.82, 2.24) is 40.5 Å². The third kappa shape index (κ3) is 7.53. The fourth-order valence-electron chi connectivity index (χ4n) is 5.81. The Labute approximate surface area is 280 Å². The van der Waals surface area contributed by atoms with Crippen LogP contribution in [0.15, 0.2) is 43.0 Å². The van der Waals surface area contributed by atoms with E-state index in [1.165, 1.54) is 15.8 Å². The third-order valence-electron chi connectivity index (χ3n) is 8.67. The van der Waals surface area contributed by atoms with Gasteiger partial charge in [0.05, 0.1) is 11.3 Å². The summed E-state index contributed by atoms with van der Waals surface area (Å²) in [5.41, 5.74) is -2.43. The van der Waals surface area contributed by atoms with E-state index in [9.17, 15) is 27.6 Å². The van der Waals surface area contributed by atoms with E-state index in [1.54, 1.807) is 41.5 Å². The second kappa shape index (κ2) is 12.6. The number of aromatic nitrogens is 4. The van der Waals surface area contributed by atoms with Crippen molar-refractivity contribution >= 4 is 33.8 Å². The van der Waals surface area contributed by atoms with Crippen LogP contribution in [0.2, 0.25) is 0 Å². The van der Waals surface area contributed by atoms with Crippen molar-refractivity contribution in [2.75, 3.05) is 6.54 Å². The average Bonchev–Trinajstić information content (AvgIpc) is 3.87. The third-order valence-corrected chi connectivity index (χ3v) is 10.5. The molecule has 5 atom stereocenters. The minimum absolute atomic E-state index is 0.00969. The number of ether oxygens (including phenoxy) is 1. The van der Waals surface area contributed by atoms with Crippen LogP contribution in [-0.4, -0.2) is 92.4 Å². The number of carbonyl (C=O) groups excluding carboxylic acids is 4. The van der Waals surface area contributed by atoms with Crippen LogP contribution in [0.25, 0.3) is 11.4 Å². The van der Waals surface area contributed by atoms with E-state index in [1.807, 2.05) is 30.3 Å². The summed E-state index contributed by atoms with van der Waals surface area (Å²) in [6.07, 6.45) is 1.83. The predicted octanol–water partition coefficient (Wildman–Crippen LogP) is 2.09. The molecule has 1 aromatic carbocycles. The van der Waals surface area contributed by atoms with Gasteiger partial charge in [-0.15, -0.1) is 16.8 Å². The fourth-order valence-corrected chi connectivity index (χ4v) is 7.18. The van der Waals surface area contributed by atoms with E-state index in [-0.39, 0.29) is 19.4 Å². The maximum Gasteiger partial charge on any atom is 0.408 e. The number of nitrogens with one attached hydrogen (secondary N) is 3. The van der Waals surface area contributed by atoms with Crippen LogP contribution >= 0.6 is 0 Å². The summed E-state index contributed by atoms with van der Waals surface area (Å²) in [4.78, 5) is 57.4. The lowest BCUT2D eigenvalue weighted by atomic mass is 9.85. The molecule has 0 bridgehead atoms. The molecule has 48 heavy (non-hydrogen) atoms. The second-order valence-corrected chi connectivity index (χ2v) is 16.8. The van der Waals surface area contributed by atoms with Crippen molar-refractivity contribution in [1.29, 1.82) is 0 Å². The Bertz CT molecular complexity index is 1690. The van der Waals surface area contributed by atoms with Gasteiger partial charge in [-0.25, -0.2) is 13.2 Å². The molecular formula is C32H44N8O7S. The number of tetrazole rings is 1. The van der Waals surface area contributed by atoms with Crippen molar-refractivity contribution in [2.24, 2.45) is 11.3 Å². The maximum atomic E-state index is 14.4. The molecule has 2 aliphatic carbocycles. The molecule has 260 valence electrons. The van der Waals surface area contributed by atoms with Gasteiger partial charge in [-0.1, -0.05) is 57.2 Å². The van der Waals surface area contributed by atoms with Gasteiger partial charge in [0.2, 0.25) is 27.7 Å². The van der Waals surface area contributed by atoms with Crippen LogP contribution in [0.4, 0.5) is 4.79 Å². The van der Waals surface area contributed by atoms with Crippen molar-refractivity contribution in [3.63, 3.8) is 0 Å². The number of hydrogen-bond acceptors (Lipinski definition) is 10. The Morgan fingerprint density at radius 3 is 2.31 bits per heavy atom. The molecule has 3 fully saturated rings. The van der Waals surface area contributed by atoms with E-state index in [2.05, 4.69) is 37.3 Å². The second-order valence-electron chi connectivity index (χ2n) is 14.8. The lowest BCUT2D eigenvalue weighted by Crippen LogP contribution is -2.60. The van der Waals surface area contributed by atoms with E-state index in [0.717, 1.165) is 5.56 Å². The first-order valence-corrected chi connectivity index (χ1v) is 17.5. The highest BCUT2D eigenvalue weighted by Crippen LogP contribution is 2.45. The molecule has 15 nitrogen and oxygen atoms in total. The number of amides is 4. The first-order valence-electron chi connectivity index (χ1n) is 16.0. The van der Waals surface area contributed by atoms with Gasteiger partial charge in [-0.2, -0.15) is 4.80 Å². The van der Waals surface area contributed by atoms with Crippen molar-refractivity contribution in [3.8, 4) is 11.4 Å². The number of alkyl carbamates (subject to hydrolysis) is 1. The average molecular weight is 685 g/mol. The van der Waals surface area contributed by atoms with Crippen molar-refractivity contribution in [3.05, 3.63) is 43.0 Å². The summed E-state index contributed by atoms with van der Waals surface area (Å²) in [6, 6.07) is 6.38. The number of hydrogen-bond donors (Lipinski definition) is 3. The molecule has 4 amide bonds. The minimum Gasteiger partial charge on any atom is -0.444 e. The van der Waals surface area contributed by atoms with Gasteiger partial charge in [-0.3, -0.25) is 19.1 Å². The molecule has 3 aliphatic rings. The quantitative estimate of drug-likeness (QED) is 0.312. The van der Waals surface area contributed by atoms with Gasteiger partial charge in [0.25, 0.3) is 5.91 Å². The first kappa shape index (κ1) is 35.0. The summed E-state index contributed by atoms with van der Waals surface area (Å²) in [5, 5.41) is 17.7. The first-order chi connectivity index (χ1) is 22.3. The summed E-state index contributed by atoms with van der Waals surface area (Å²) in [5.74, 6) is -2.21. The van der Waals surface area contributed by atoms with Crippen LogP contribution < -0.4 is 15.4 Å². The van der Waals surface area contributed by atoms with Crippen LogP contribution in [0, 0.1) is 11.3 Å². The molecule has 2 heterocycles. The van der Waals surface area contributed by atoms with Crippen LogP contribution in [0.1, 0.15) is 73.3 Å². The standard InChI is InChI=1S/C32H44N8O7S/c1-8-20-17-32(20,28(43)37-48(45,46)22-14-15-22)34-26(41)23-16-21(40-36-25(35-38-40)19-12-10-9-11-13-19)18-39(23)27(42)24(30(2,3)4)33-29(44)47-31(5,6)7/h8-13,20-24H,1,14-18H2,2-7H3,(H,33,44)(H,34,41)(H,37,43)/t20-,21-,23+,24-,32-/m1/s1. The Kier molecular flexibility index (Phi) is 9.18. The van der Waals surface area contributed by atoms with Crippen LogP contribution in [0.5, 0.6) is 0 Å². The van der Waals surface area contributed by atoms with E-state index in [0.29, 0.717) is 18.7 Å². The molecule has 1 aromatic heterocycles. The zero-order chi connectivity index (χ0) is 35.2. The number of sulfonamides is 1. The van der Waals surface area contributed by atoms with E-state index < -0.39 is 79.7 Å². The zero-order valence-electron chi connectivity index (χ0n) is 28.1. The van der Waals surface area contributed by atoms with Crippen LogP contribution in [0.3, 0.4) is 0 Å². The largest absolute Gasteiger partial charge is 0.444 e. The lowest BCUT2D eigenvalue weighted by Gasteiger charge is -2.36. The highest BCUT2D eigenvalue weighted by Gasteiger charge is 2.62. The number of carbonyl (C=O) groups is 4. The molecule has 16 heteroatoms. The molecule has 1 aliphatic heterocycles. The van der Waals surface area contributed by atoms with E-state index >= 15 is 0 Å². The summed E-state index contributed by atoms with van der Waals surface area (Å²) in [6.45, 7) is 14.2. The highest BCUT2D eigenvalue weighted by atomic mass is 32.2. The highest BCUT2D eigenvalue weighted by molar-refractivity contribution is 7.91. The SMILES string of the molecule is C=C[C@@H]1C[C@]1(NC(=O)[C@@H]1C[C@@H](n2nnc(-c3ccccc3)n2)CN1C(=O)[C@@H](NC(=O)OC(C)(C)C)C(C)(C)C)C(=O)NS(=O)(=O)C1CC1. The summed E-state index contributed by atoms with van der Waals surface area (Å²) >= 11 is 0. The number of benzene rings is 1. The molecule has 5 rings (SSSR count). The molecule has 1 saturated heterocycles. The van der Waals surface area contributed by atoms with Gasteiger partial charge in [0.1, 0.15) is 23.2 Å². The fraction of sp³-hybridized carbons (Fsp3) is 0.594. The lowest BCUT2D eigenvalue weighted by molar-refractivity contribution is -0.143. The predicted molar refractivity (Wildman–Crippen MR) is 174 cm³/mol. The van der Waals surface area contributed by atoms with Crippen molar-refractivity contribution in [2.45, 2.75) is 102 Å². The normalized spacial score (nSPS) is 24.7. The van der Waals surface area contributed by atoms with Gasteiger partial charge >= 0.3 is 6.09 Å². The molecular weight excluding hydrogens is 640 g/mol. The Hall–Kier alpha value is -4.34. The van der Waals surface area contributed by atoms with Gasteiger partial charge in [0, 0.05) is 24.4 Å². The number of nitrogens with zero attached hydrogens (tertiary/aromatic N) is 5. The smallest absolute Gasteiger partial charge is 0.408 e. The molecule has 0 unspecified atom stereocenters. The molecule has 3 N–H and O–H groups in total. The molecule has 0 radical (unpaired) electrons. The van der Waals surface area contributed by atoms with Gasteiger partial charge in [0.15, 0.2) is 0 Å². The van der Waals surface area contributed by atoms with Gasteiger partial charge in [-0.05, 0) is 50.7 Å². The van der Waals surface area contributed by atoms with Crippen molar-refractivity contribution < 1.29 is 32.3 Å². The topological polar surface area (TPSA) is 195 Å². The number of likely N-dealkylation sites (tertiary alicyclic amines) is 1. The minimum atomic E-state index is -3.89. The van der Waals surface area contributed by atoms with Gasteiger partial charge < -0.3 is 20.3 Å². The summed E-state index contributed by atoms with van der Waals surface area (Å²) < 4.78 is 32.8. The monoisotopic (exact) mass is 684 g/mol. The molecule has 2 saturated carbocycles. The molecule has 0 spiro atoms. The summed E-state index contributed by atoms with van der Waals surface area (Å²) in [7, 11) is -3.89. The Morgan fingerprint density at radius 2 is 1.75 bits per heavy atom. The number of rotatable bonds is 10. The Morgan fingerprint density at radius 1 is 1.08 bits per heavy atom. The maximum absolute atomic E-state index is 14.4. The van der Waals surface area contributed by atoms with Crippen LogP contribution in [-0.2, 0) is 29.1 Å².